The maximum absolute atomic E-state index is 10.5. The van der Waals surface area contributed by atoms with Gasteiger partial charge in [0.2, 0.25) is 0 Å². The first-order chi connectivity index (χ1) is 10.8. The van der Waals surface area contributed by atoms with Crippen LogP contribution in [0.2, 0.25) is 0 Å². The Kier molecular flexibility index (Phi) is 4.52. The number of anilines is 1. The average Bonchev–Trinajstić information content (AvgIpc) is 2.62. The third-order valence-electron chi connectivity index (χ3n) is 4.89. The highest BCUT2D eigenvalue weighted by atomic mass is 16.3. The van der Waals surface area contributed by atoms with Gasteiger partial charge in [-0.3, -0.25) is 0 Å². The lowest BCUT2D eigenvalue weighted by Gasteiger charge is -2.36. The number of piperidine rings is 1. The van der Waals surface area contributed by atoms with Gasteiger partial charge < -0.3 is 4.90 Å². The molecular weight excluding hydrogens is 272 g/mol. The van der Waals surface area contributed by atoms with E-state index in [0.717, 1.165) is 19.0 Å². The zero-order valence-corrected chi connectivity index (χ0v) is 13.0. The Hall–Kier alpha value is -2.16. The van der Waals surface area contributed by atoms with Gasteiger partial charge in [-0.15, -0.1) is 4.91 Å². The highest BCUT2D eigenvalue weighted by Gasteiger charge is 2.24. The monoisotopic (exact) mass is 294 g/mol. The molecule has 0 radical (unpaired) electrons. The highest BCUT2D eigenvalue weighted by molar-refractivity contribution is 5.53. The van der Waals surface area contributed by atoms with Gasteiger partial charge in [0.15, 0.2) is 0 Å². The molecule has 0 bridgehead atoms. The average molecular weight is 294 g/mol. The van der Waals surface area contributed by atoms with Gasteiger partial charge in [0.1, 0.15) is 5.69 Å². The van der Waals surface area contributed by atoms with Crippen LogP contribution in [0.5, 0.6) is 0 Å². The van der Waals surface area contributed by atoms with Crippen LogP contribution in [0.1, 0.15) is 31.2 Å². The molecule has 3 rings (SSSR count). The number of hydrogen-bond acceptors (Lipinski definition) is 3. The zero-order valence-electron chi connectivity index (χ0n) is 13.0. The van der Waals surface area contributed by atoms with Gasteiger partial charge in [-0.1, -0.05) is 37.3 Å². The largest absolute Gasteiger partial charge is 0.372 e. The Labute approximate surface area is 131 Å². The van der Waals surface area contributed by atoms with Gasteiger partial charge in [0, 0.05) is 18.8 Å². The van der Waals surface area contributed by atoms with Crippen molar-refractivity contribution in [1.29, 1.82) is 0 Å². The van der Waals surface area contributed by atoms with Gasteiger partial charge >= 0.3 is 0 Å². The summed E-state index contributed by atoms with van der Waals surface area (Å²) in [7, 11) is 0. The van der Waals surface area contributed by atoms with E-state index < -0.39 is 0 Å². The van der Waals surface area contributed by atoms with E-state index in [1.54, 1.807) is 12.1 Å². The van der Waals surface area contributed by atoms with Crippen LogP contribution in [0.15, 0.2) is 59.8 Å². The maximum Gasteiger partial charge on any atom is 0.108 e. The van der Waals surface area contributed by atoms with E-state index in [2.05, 4.69) is 47.3 Å². The molecule has 1 heterocycles. The summed E-state index contributed by atoms with van der Waals surface area (Å²) < 4.78 is 0. The van der Waals surface area contributed by atoms with Gasteiger partial charge in [-0.05, 0) is 59.7 Å². The molecule has 0 saturated carbocycles. The maximum atomic E-state index is 10.5. The van der Waals surface area contributed by atoms with E-state index in [4.69, 9.17) is 0 Å². The van der Waals surface area contributed by atoms with Crippen molar-refractivity contribution in [2.75, 3.05) is 18.0 Å². The number of nitrogens with zero attached hydrogens (tertiary/aromatic N) is 2. The fourth-order valence-corrected chi connectivity index (χ4v) is 3.41. The summed E-state index contributed by atoms with van der Waals surface area (Å²) in [6, 6.07) is 18.4. The molecule has 0 N–H and O–H groups in total. The first-order valence-corrected chi connectivity index (χ1v) is 8.01. The van der Waals surface area contributed by atoms with E-state index in [0.29, 0.717) is 11.6 Å². The molecule has 0 aromatic heterocycles. The van der Waals surface area contributed by atoms with Crippen LogP contribution in [0.25, 0.3) is 0 Å². The Morgan fingerprint density at radius 2 is 1.64 bits per heavy atom. The summed E-state index contributed by atoms with van der Waals surface area (Å²) in [5, 5.41) is 2.96. The molecule has 1 aliphatic rings. The van der Waals surface area contributed by atoms with Crippen LogP contribution < -0.4 is 4.90 Å². The van der Waals surface area contributed by atoms with Crippen molar-refractivity contribution >= 4 is 11.4 Å². The van der Waals surface area contributed by atoms with Crippen molar-refractivity contribution in [3.63, 3.8) is 0 Å². The molecule has 0 spiro atoms. The molecule has 3 heteroatoms. The van der Waals surface area contributed by atoms with Crippen LogP contribution in [-0.2, 0) is 0 Å². The minimum Gasteiger partial charge on any atom is -0.372 e. The van der Waals surface area contributed by atoms with Crippen LogP contribution in [-0.4, -0.2) is 13.1 Å². The molecular formula is C19H22N2O. The molecule has 1 atom stereocenters. The van der Waals surface area contributed by atoms with Crippen molar-refractivity contribution in [2.45, 2.75) is 25.7 Å². The normalized spacial score (nSPS) is 17.2. The lowest BCUT2D eigenvalue weighted by atomic mass is 9.81. The summed E-state index contributed by atoms with van der Waals surface area (Å²) in [5.74, 6) is 1.36. The first kappa shape index (κ1) is 14.8. The number of nitroso groups, excluding NO2 is 1. The summed E-state index contributed by atoms with van der Waals surface area (Å²) in [4.78, 5) is 12.9. The fourth-order valence-electron chi connectivity index (χ4n) is 3.41. The predicted octanol–water partition coefficient (Wildman–Crippen LogP) is 5.10. The van der Waals surface area contributed by atoms with E-state index in [1.807, 2.05) is 12.1 Å². The van der Waals surface area contributed by atoms with E-state index >= 15 is 0 Å². The molecule has 2 aromatic rings. The number of benzene rings is 2. The van der Waals surface area contributed by atoms with Gasteiger partial charge in [-0.2, -0.15) is 0 Å². The summed E-state index contributed by atoms with van der Waals surface area (Å²) in [5.41, 5.74) is 3.14. The minimum absolute atomic E-state index is 0.497. The Balaban J connectivity index is 1.61. The molecule has 22 heavy (non-hydrogen) atoms. The van der Waals surface area contributed by atoms with E-state index in [9.17, 15) is 4.91 Å². The first-order valence-electron chi connectivity index (χ1n) is 8.01. The quantitative estimate of drug-likeness (QED) is 0.734. The number of rotatable bonds is 4. The molecule has 1 saturated heterocycles. The van der Waals surface area contributed by atoms with Crippen molar-refractivity contribution in [3.05, 3.63) is 65.1 Å². The van der Waals surface area contributed by atoms with E-state index in [1.165, 1.54) is 24.1 Å². The second kappa shape index (κ2) is 6.73. The SMILES string of the molecule is CC(c1ccccc1)C1CCN(c2ccc(N=O)cc2)CC1. The molecule has 3 nitrogen and oxygen atoms in total. The molecule has 2 aromatic carbocycles. The zero-order chi connectivity index (χ0) is 15.4. The minimum atomic E-state index is 0.497. The number of hydrogen-bond donors (Lipinski definition) is 0. The molecule has 0 amide bonds. The molecule has 0 aliphatic carbocycles. The Bertz CT molecular complexity index is 601. The molecule has 1 aliphatic heterocycles. The summed E-state index contributed by atoms with van der Waals surface area (Å²) in [6.45, 7) is 4.51. The predicted molar refractivity (Wildman–Crippen MR) is 91.7 cm³/mol. The summed E-state index contributed by atoms with van der Waals surface area (Å²) >= 11 is 0. The van der Waals surface area contributed by atoms with Crippen molar-refractivity contribution in [1.82, 2.24) is 0 Å². The molecule has 114 valence electrons. The van der Waals surface area contributed by atoms with Crippen molar-refractivity contribution < 1.29 is 0 Å². The second-order valence-corrected chi connectivity index (χ2v) is 6.13. The van der Waals surface area contributed by atoms with Gasteiger partial charge in [0.05, 0.1) is 0 Å². The van der Waals surface area contributed by atoms with Crippen molar-refractivity contribution in [3.8, 4) is 0 Å². The second-order valence-electron chi connectivity index (χ2n) is 6.13. The molecule has 1 unspecified atom stereocenters. The lowest BCUT2D eigenvalue weighted by Crippen LogP contribution is -2.35. The van der Waals surface area contributed by atoms with Crippen LogP contribution >= 0.6 is 0 Å². The Morgan fingerprint density at radius 1 is 1.00 bits per heavy atom. The summed E-state index contributed by atoms with van der Waals surface area (Å²) in [6.07, 6.45) is 2.42. The fraction of sp³-hybridized carbons (Fsp3) is 0.368. The smallest absolute Gasteiger partial charge is 0.108 e. The Morgan fingerprint density at radius 3 is 2.23 bits per heavy atom. The topological polar surface area (TPSA) is 32.7 Å². The van der Waals surface area contributed by atoms with Gasteiger partial charge in [0.25, 0.3) is 0 Å². The van der Waals surface area contributed by atoms with Crippen LogP contribution in [0.3, 0.4) is 0 Å². The third-order valence-corrected chi connectivity index (χ3v) is 4.89. The van der Waals surface area contributed by atoms with E-state index in [-0.39, 0.29) is 0 Å². The highest BCUT2D eigenvalue weighted by Crippen LogP contribution is 2.34. The standard InChI is InChI=1S/C19H22N2O/c1-15(16-5-3-2-4-6-16)17-11-13-21(14-12-17)19-9-7-18(20-22)8-10-19/h2-10,15,17H,11-14H2,1H3. The van der Waals surface area contributed by atoms with Crippen LogP contribution in [0, 0.1) is 10.8 Å². The lowest BCUT2D eigenvalue weighted by molar-refractivity contribution is 0.354. The molecule has 1 fully saturated rings. The van der Waals surface area contributed by atoms with Gasteiger partial charge in [-0.25, -0.2) is 0 Å². The van der Waals surface area contributed by atoms with Crippen molar-refractivity contribution in [2.24, 2.45) is 11.1 Å². The van der Waals surface area contributed by atoms with Crippen LogP contribution in [0.4, 0.5) is 11.4 Å². The third kappa shape index (κ3) is 3.19.